The molecule has 0 bridgehead atoms. The van der Waals surface area contributed by atoms with E-state index in [2.05, 4.69) is 18.3 Å². The van der Waals surface area contributed by atoms with E-state index in [9.17, 15) is 5.11 Å². The molecule has 0 heterocycles. The molecule has 0 aliphatic rings. The smallest absolute Gasteiger partial charge is 0.122 e. The van der Waals surface area contributed by atoms with Crippen molar-refractivity contribution in [3.63, 3.8) is 0 Å². The van der Waals surface area contributed by atoms with Gasteiger partial charge in [-0.2, -0.15) is 0 Å². The zero-order chi connectivity index (χ0) is 12.0. The first-order chi connectivity index (χ1) is 7.69. The summed E-state index contributed by atoms with van der Waals surface area (Å²) in [6.07, 6.45) is 0.645. The Morgan fingerprint density at radius 1 is 1.44 bits per heavy atom. The molecule has 1 rings (SSSR count). The SMILES string of the molecule is CCc1c(CNCC(C)O)cccc1OC. The van der Waals surface area contributed by atoms with E-state index in [-0.39, 0.29) is 6.10 Å². The molecule has 0 amide bonds. The van der Waals surface area contributed by atoms with Gasteiger partial charge in [-0.05, 0) is 30.5 Å². The third-order valence-corrected chi connectivity index (χ3v) is 2.56. The van der Waals surface area contributed by atoms with Crippen LogP contribution in [0.4, 0.5) is 0 Å². The van der Waals surface area contributed by atoms with E-state index in [1.807, 2.05) is 12.1 Å². The quantitative estimate of drug-likeness (QED) is 0.771. The van der Waals surface area contributed by atoms with Crippen LogP contribution in [0.5, 0.6) is 5.75 Å². The third-order valence-electron chi connectivity index (χ3n) is 2.56. The lowest BCUT2D eigenvalue weighted by atomic mass is 10.0. The van der Waals surface area contributed by atoms with Crippen molar-refractivity contribution in [3.05, 3.63) is 29.3 Å². The Morgan fingerprint density at radius 2 is 2.19 bits per heavy atom. The second-order valence-corrected chi connectivity index (χ2v) is 3.93. The Labute approximate surface area is 97.4 Å². The predicted octanol–water partition coefficient (Wildman–Crippen LogP) is 1.73. The van der Waals surface area contributed by atoms with Crippen molar-refractivity contribution in [1.82, 2.24) is 5.32 Å². The first kappa shape index (κ1) is 13.0. The molecule has 2 N–H and O–H groups in total. The Hall–Kier alpha value is -1.06. The van der Waals surface area contributed by atoms with Crippen LogP contribution < -0.4 is 10.1 Å². The van der Waals surface area contributed by atoms with Crippen LogP contribution in [-0.4, -0.2) is 24.9 Å². The molecular weight excluding hydrogens is 202 g/mol. The molecule has 0 saturated heterocycles. The lowest BCUT2D eigenvalue weighted by molar-refractivity contribution is 0.191. The van der Waals surface area contributed by atoms with E-state index < -0.39 is 0 Å². The third kappa shape index (κ3) is 3.51. The standard InChI is InChI=1S/C13H21NO2/c1-4-12-11(9-14-8-10(2)15)6-5-7-13(12)16-3/h5-7,10,14-15H,4,8-9H2,1-3H3. The second kappa shape index (κ2) is 6.51. The van der Waals surface area contributed by atoms with Gasteiger partial charge < -0.3 is 15.2 Å². The van der Waals surface area contributed by atoms with Crippen LogP contribution in [0.3, 0.4) is 0 Å². The van der Waals surface area contributed by atoms with Crippen LogP contribution in [0.15, 0.2) is 18.2 Å². The predicted molar refractivity (Wildman–Crippen MR) is 65.8 cm³/mol. The van der Waals surface area contributed by atoms with Gasteiger partial charge in [-0.15, -0.1) is 0 Å². The topological polar surface area (TPSA) is 41.5 Å². The molecule has 0 radical (unpaired) electrons. The maximum atomic E-state index is 9.17. The van der Waals surface area contributed by atoms with E-state index in [4.69, 9.17) is 4.74 Å². The van der Waals surface area contributed by atoms with Gasteiger partial charge in [-0.1, -0.05) is 19.1 Å². The van der Waals surface area contributed by atoms with E-state index in [0.717, 1.165) is 18.7 Å². The van der Waals surface area contributed by atoms with E-state index >= 15 is 0 Å². The van der Waals surface area contributed by atoms with E-state index in [1.54, 1.807) is 14.0 Å². The molecular formula is C13H21NO2. The molecule has 1 aromatic carbocycles. The lowest BCUT2D eigenvalue weighted by Crippen LogP contribution is -2.24. The van der Waals surface area contributed by atoms with E-state index in [0.29, 0.717) is 6.54 Å². The van der Waals surface area contributed by atoms with Crippen molar-refractivity contribution in [2.24, 2.45) is 0 Å². The fourth-order valence-corrected chi connectivity index (χ4v) is 1.78. The fourth-order valence-electron chi connectivity index (χ4n) is 1.78. The van der Waals surface area contributed by atoms with E-state index in [1.165, 1.54) is 11.1 Å². The number of aliphatic hydroxyl groups is 1. The second-order valence-electron chi connectivity index (χ2n) is 3.93. The molecule has 1 aromatic rings. The van der Waals surface area contributed by atoms with Crippen LogP contribution in [0.2, 0.25) is 0 Å². The van der Waals surface area contributed by atoms with Crippen molar-refractivity contribution in [2.75, 3.05) is 13.7 Å². The summed E-state index contributed by atoms with van der Waals surface area (Å²) in [6.45, 7) is 5.28. The summed E-state index contributed by atoms with van der Waals surface area (Å²) in [4.78, 5) is 0. The lowest BCUT2D eigenvalue weighted by Gasteiger charge is -2.13. The maximum absolute atomic E-state index is 9.17. The normalized spacial score (nSPS) is 12.5. The van der Waals surface area contributed by atoms with Crippen LogP contribution in [-0.2, 0) is 13.0 Å². The molecule has 3 nitrogen and oxygen atoms in total. The van der Waals surface area contributed by atoms with Crippen LogP contribution >= 0.6 is 0 Å². The number of benzene rings is 1. The average Bonchev–Trinajstić information content (AvgIpc) is 2.28. The number of aliphatic hydroxyl groups excluding tert-OH is 1. The van der Waals surface area contributed by atoms with Gasteiger partial charge in [0.05, 0.1) is 13.2 Å². The summed E-state index contributed by atoms with van der Waals surface area (Å²) in [5.41, 5.74) is 2.48. The minimum absolute atomic E-state index is 0.310. The van der Waals surface area contributed by atoms with Crippen molar-refractivity contribution >= 4 is 0 Å². The summed E-state index contributed by atoms with van der Waals surface area (Å²) in [6, 6.07) is 6.07. The number of ether oxygens (including phenoxy) is 1. The van der Waals surface area contributed by atoms with Gasteiger partial charge in [0.1, 0.15) is 5.75 Å². The first-order valence-corrected chi connectivity index (χ1v) is 5.72. The Bertz CT molecular complexity index is 324. The summed E-state index contributed by atoms with van der Waals surface area (Å²) < 4.78 is 5.33. The summed E-state index contributed by atoms with van der Waals surface area (Å²) in [5.74, 6) is 0.943. The number of nitrogens with one attached hydrogen (secondary N) is 1. The minimum Gasteiger partial charge on any atom is -0.496 e. The molecule has 0 saturated carbocycles. The van der Waals surface area contributed by atoms with Gasteiger partial charge >= 0.3 is 0 Å². The highest BCUT2D eigenvalue weighted by molar-refractivity contribution is 5.40. The highest BCUT2D eigenvalue weighted by Crippen LogP contribution is 2.22. The molecule has 3 heteroatoms. The number of hydrogen-bond acceptors (Lipinski definition) is 3. The molecule has 1 atom stereocenters. The van der Waals surface area contributed by atoms with Gasteiger partial charge in [0.2, 0.25) is 0 Å². The zero-order valence-corrected chi connectivity index (χ0v) is 10.3. The molecule has 0 spiro atoms. The highest BCUT2D eigenvalue weighted by atomic mass is 16.5. The molecule has 0 aromatic heterocycles. The van der Waals surface area contributed by atoms with Gasteiger partial charge in [-0.3, -0.25) is 0 Å². The fraction of sp³-hybridized carbons (Fsp3) is 0.538. The van der Waals surface area contributed by atoms with Gasteiger partial charge in [0, 0.05) is 13.1 Å². The van der Waals surface area contributed by atoms with Crippen molar-refractivity contribution < 1.29 is 9.84 Å². The molecule has 0 aliphatic heterocycles. The van der Waals surface area contributed by atoms with Gasteiger partial charge in [-0.25, -0.2) is 0 Å². The minimum atomic E-state index is -0.310. The largest absolute Gasteiger partial charge is 0.496 e. The van der Waals surface area contributed by atoms with Crippen LogP contribution in [0, 0.1) is 0 Å². The van der Waals surface area contributed by atoms with Crippen LogP contribution in [0.25, 0.3) is 0 Å². The molecule has 90 valence electrons. The number of hydrogen-bond donors (Lipinski definition) is 2. The van der Waals surface area contributed by atoms with Crippen LogP contribution in [0.1, 0.15) is 25.0 Å². The zero-order valence-electron chi connectivity index (χ0n) is 10.3. The number of methoxy groups -OCH3 is 1. The summed E-state index contributed by atoms with van der Waals surface area (Å²) in [5, 5.41) is 12.4. The van der Waals surface area contributed by atoms with Gasteiger partial charge in [0.15, 0.2) is 0 Å². The van der Waals surface area contributed by atoms with Crippen molar-refractivity contribution in [1.29, 1.82) is 0 Å². The van der Waals surface area contributed by atoms with Gasteiger partial charge in [0.25, 0.3) is 0 Å². The average molecular weight is 223 g/mol. The monoisotopic (exact) mass is 223 g/mol. The molecule has 0 aliphatic carbocycles. The molecule has 0 fully saturated rings. The molecule has 16 heavy (non-hydrogen) atoms. The Balaban J connectivity index is 2.71. The Kier molecular flexibility index (Phi) is 5.29. The summed E-state index contributed by atoms with van der Waals surface area (Å²) in [7, 11) is 1.70. The molecule has 1 unspecified atom stereocenters. The maximum Gasteiger partial charge on any atom is 0.122 e. The van der Waals surface area contributed by atoms with Crippen molar-refractivity contribution in [2.45, 2.75) is 32.9 Å². The van der Waals surface area contributed by atoms with Crippen molar-refractivity contribution in [3.8, 4) is 5.75 Å². The highest BCUT2D eigenvalue weighted by Gasteiger charge is 2.06. The Morgan fingerprint density at radius 3 is 2.75 bits per heavy atom. The summed E-state index contributed by atoms with van der Waals surface area (Å²) >= 11 is 0. The first-order valence-electron chi connectivity index (χ1n) is 5.72. The number of rotatable bonds is 6.